The number of likely N-dealkylation sites (N-methyl/N-ethyl adjacent to an activating group) is 1. The van der Waals surface area contributed by atoms with Crippen molar-refractivity contribution >= 4 is 11.6 Å². The largest absolute Gasteiger partial charge is 0.384 e. The van der Waals surface area contributed by atoms with E-state index >= 15 is 0 Å². The molecular weight excluding hydrogens is 202 g/mol. The van der Waals surface area contributed by atoms with Crippen molar-refractivity contribution < 1.29 is 0 Å². The minimum Gasteiger partial charge on any atom is -0.384 e. The molecule has 0 aromatic carbocycles. The Hall–Kier alpha value is -1.36. The number of nitrogen functional groups attached to an aromatic ring is 1. The van der Waals surface area contributed by atoms with E-state index in [1.54, 1.807) is 6.07 Å². The van der Waals surface area contributed by atoms with Gasteiger partial charge in [-0.3, -0.25) is 0 Å². The van der Waals surface area contributed by atoms with E-state index in [4.69, 9.17) is 5.73 Å². The first kappa shape index (κ1) is 12.7. The molecule has 0 aliphatic carbocycles. The van der Waals surface area contributed by atoms with Crippen molar-refractivity contribution in [1.82, 2.24) is 14.9 Å². The molecule has 0 aliphatic heterocycles. The van der Waals surface area contributed by atoms with Crippen LogP contribution in [0.15, 0.2) is 6.07 Å². The van der Waals surface area contributed by atoms with E-state index in [-0.39, 0.29) is 0 Å². The number of nitrogens with one attached hydrogen (secondary N) is 1. The van der Waals surface area contributed by atoms with E-state index in [1.807, 2.05) is 14.1 Å². The van der Waals surface area contributed by atoms with Crippen molar-refractivity contribution in [3.63, 3.8) is 0 Å². The summed E-state index contributed by atoms with van der Waals surface area (Å²) < 4.78 is 0. The second-order valence-corrected chi connectivity index (χ2v) is 4.07. The minimum atomic E-state index is 0.533. The third-order valence-corrected chi connectivity index (χ3v) is 2.13. The van der Waals surface area contributed by atoms with Crippen molar-refractivity contribution in [2.45, 2.75) is 19.8 Å². The molecule has 0 atom stereocenters. The van der Waals surface area contributed by atoms with Gasteiger partial charge in [0.2, 0.25) is 0 Å². The van der Waals surface area contributed by atoms with E-state index < -0.39 is 0 Å². The molecule has 0 spiro atoms. The summed E-state index contributed by atoms with van der Waals surface area (Å²) in [6.07, 6.45) is 1.90. The molecule has 0 aliphatic rings. The summed E-state index contributed by atoms with van der Waals surface area (Å²) in [5, 5.41) is 3.24. The summed E-state index contributed by atoms with van der Waals surface area (Å²) in [6.45, 7) is 3.92. The highest BCUT2D eigenvalue weighted by molar-refractivity contribution is 5.44. The highest BCUT2D eigenvalue weighted by Gasteiger charge is 2.01. The van der Waals surface area contributed by atoms with E-state index in [0.29, 0.717) is 5.82 Å². The summed E-state index contributed by atoms with van der Waals surface area (Å²) in [5.41, 5.74) is 5.72. The molecule has 0 radical (unpaired) electrons. The van der Waals surface area contributed by atoms with Crippen LogP contribution in [-0.2, 0) is 6.42 Å². The maximum atomic E-state index is 5.72. The molecule has 0 fully saturated rings. The predicted octanol–water partition coefficient (Wildman–Crippen LogP) is 0.985. The minimum absolute atomic E-state index is 0.533. The Morgan fingerprint density at radius 3 is 2.75 bits per heavy atom. The van der Waals surface area contributed by atoms with Crippen LogP contribution in [0.25, 0.3) is 0 Å². The van der Waals surface area contributed by atoms with Crippen LogP contribution in [0.3, 0.4) is 0 Å². The van der Waals surface area contributed by atoms with Crippen molar-refractivity contribution in [1.29, 1.82) is 0 Å². The summed E-state index contributed by atoms with van der Waals surface area (Å²) in [7, 11) is 4.08. The Morgan fingerprint density at radius 1 is 1.38 bits per heavy atom. The average molecular weight is 223 g/mol. The SMILES string of the molecule is CCCc1nc(N)cc(NCCN(C)C)n1. The van der Waals surface area contributed by atoms with Crippen LogP contribution in [0, 0.1) is 0 Å². The molecule has 5 nitrogen and oxygen atoms in total. The van der Waals surface area contributed by atoms with Gasteiger partial charge in [-0.2, -0.15) is 0 Å². The van der Waals surface area contributed by atoms with Gasteiger partial charge in [-0.05, 0) is 20.5 Å². The average Bonchev–Trinajstić information content (AvgIpc) is 2.16. The molecule has 0 amide bonds. The fraction of sp³-hybridized carbons (Fsp3) is 0.636. The molecular formula is C11H21N5. The van der Waals surface area contributed by atoms with Crippen LogP contribution in [0.4, 0.5) is 11.6 Å². The van der Waals surface area contributed by atoms with Gasteiger partial charge in [0.15, 0.2) is 0 Å². The molecule has 3 N–H and O–H groups in total. The van der Waals surface area contributed by atoms with E-state index in [1.165, 1.54) is 0 Å². The van der Waals surface area contributed by atoms with Crippen LogP contribution in [0.5, 0.6) is 0 Å². The summed E-state index contributed by atoms with van der Waals surface area (Å²) >= 11 is 0. The first-order valence-electron chi connectivity index (χ1n) is 5.64. The third kappa shape index (κ3) is 4.44. The number of nitrogens with two attached hydrogens (primary N) is 1. The molecule has 0 unspecified atom stereocenters. The standard InChI is InChI=1S/C11H21N5/c1-4-5-10-14-9(12)8-11(15-10)13-6-7-16(2)3/h8H,4-7H2,1-3H3,(H3,12,13,14,15). The molecule has 0 bridgehead atoms. The zero-order valence-electron chi connectivity index (χ0n) is 10.3. The number of aromatic nitrogens is 2. The molecule has 1 aromatic rings. The van der Waals surface area contributed by atoms with Gasteiger partial charge in [-0.25, -0.2) is 9.97 Å². The number of aryl methyl sites for hydroxylation is 1. The lowest BCUT2D eigenvalue weighted by Crippen LogP contribution is -2.21. The molecule has 16 heavy (non-hydrogen) atoms. The molecule has 1 rings (SSSR count). The Morgan fingerprint density at radius 2 is 2.12 bits per heavy atom. The first-order chi connectivity index (χ1) is 7.61. The maximum Gasteiger partial charge on any atom is 0.133 e. The van der Waals surface area contributed by atoms with Crippen LogP contribution >= 0.6 is 0 Å². The highest BCUT2D eigenvalue weighted by Crippen LogP contribution is 2.09. The van der Waals surface area contributed by atoms with Crippen molar-refractivity contribution in [2.75, 3.05) is 38.2 Å². The summed E-state index contributed by atoms with van der Waals surface area (Å²) in [5.74, 6) is 2.17. The lowest BCUT2D eigenvalue weighted by Gasteiger charge is -2.11. The topological polar surface area (TPSA) is 67.1 Å². The van der Waals surface area contributed by atoms with Gasteiger partial charge in [-0.1, -0.05) is 6.92 Å². The van der Waals surface area contributed by atoms with Gasteiger partial charge < -0.3 is 16.0 Å². The number of rotatable bonds is 6. The predicted molar refractivity (Wildman–Crippen MR) is 67.5 cm³/mol. The quantitative estimate of drug-likeness (QED) is 0.752. The number of anilines is 2. The lowest BCUT2D eigenvalue weighted by molar-refractivity contribution is 0.425. The van der Waals surface area contributed by atoms with Gasteiger partial charge in [0.05, 0.1) is 0 Å². The van der Waals surface area contributed by atoms with Crippen LogP contribution in [-0.4, -0.2) is 42.1 Å². The first-order valence-corrected chi connectivity index (χ1v) is 5.64. The molecule has 1 aromatic heterocycles. The van der Waals surface area contributed by atoms with Gasteiger partial charge in [0.1, 0.15) is 17.5 Å². The molecule has 1 heterocycles. The second-order valence-electron chi connectivity index (χ2n) is 4.07. The Bertz CT molecular complexity index is 324. The number of hydrogen-bond acceptors (Lipinski definition) is 5. The third-order valence-electron chi connectivity index (χ3n) is 2.13. The Labute approximate surface area is 97.1 Å². The fourth-order valence-corrected chi connectivity index (χ4v) is 1.35. The van der Waals surface area contributed by atoms with Crippen molar-refractivity contribution in [2.24, 2.45) is 0 Å². The van der Waals surface area contributed by atoms with Gasteiger partial charge >= 0.3 is 0 Å². The van der Waals surface area contributed by atoms with E-state index in [9.17, 15) is 0 Å². The maximum absolute atomic E-state index is 5.72. The van der Waals surface area contributed by atoms with E-state index in [0.717, 1.165) is 37.6 Å². The van der Waals surface area contributed by atoms with Crippen molar-refractivity contribution in [3.8, 4) is 0 Å². The van der Waals surface area contributed by atoms with Gasteiger partial charge in [0.25, 0.3) is 0 Å². The highest BCUT2D eigenvalue weighted by atomic mass is 15.1. The molecule has 0 saturated heterocycles. The van der Waals surface area contributed by atoms with Crippen molar-refractivity contribution in [3.05, 3.63) is 11.9 Å². The monoisotopic (exact) mass is 223 g/mol. The normalized spacial score (nSPS) is 10.8. The number of nitrogens with zero attached hydrogens (tertiary/aromatic N) is 3. The zero-order valence-corrected chi connectivity index (χ0v) is 10.3. The van der Waals surface area contributed by atoms with Crippen LogP contribution < -0.4 is 11.1 Å². The lowest BCUT2D eigenvalue weighted by atomic mass is 10.3. The zero-order chi connectivity index (χ0) is 12.0. The molecule has 5 heteroatoms. The second kappa shape index (κ2) is 6.27. The van der Waals surface area contributed by atoms with Gasteiger partial charge in [-0.15, -0.1) is 0 Å². The molecule has 90 valence electrons. The Balaban J connectivity index is 2.58. The van der Waals surface area contributed by atoms with E-state index in [2.05, 4.69) is 27.1 Å². The summed E-state index contributed by atoms with van der Waals surface area (Å²) in [6, 6.07) is 1.77. The Kier molecular flexibility index (Phi) is 4.98. The smallest absolute Gasteiger partial charge is 0.133 e. The van der Waals surface area contributed by atoms with Crippen LogP contribution in [0.2, 0.25) is 0 Å². The van der Waals surface area contributed by atoms with Crippen LogP contribution in [0.1, 0.15) is 19.2 Å². The fourth-order valence-electron chi connectivity index (χ4n) is 1.35. The van der Waals surface area contributed by atoms with Gasteiger partial charge in [0, 0.05) is 25.6 Å². The number of hydrogen-bond donors (Lipinski definition) is 2. The summed E-state index contributed by atoms with van der Waals surface area (Å²) in [4.78, 5) is 10.7. The molecule has 0 saturated carbocycles.